The van der Waals surface area contributed by atoms with Crippen molar-refractivity contribution in [1.82, 2.24) is 9.55 Å². The first-order valence-electron chi connectivity index (χ1n) is 9.81. The second kappa shape index (κ2) is 6.99. The van der Waals surface area contributed by atoms with Crippen LogP contribution in [0.5, 0.6) is 0 Å². The van der Waals surface area contributed by atoms with Crippen molar-refractivity contribution in [3.05, 3.63) is 63.3 Å². The summed E-state index contributed by atoms with van der Waals surface area (Å²) in [5, 5.41) is 10.1. The summed E-state index contributed by atoms with van der Waals surface area (Å²) in [6.45, 7) is 3.16. The van der Waals surface area contributed by atoms with Crippen molar-refractivity contribution >= 4 is 34.0 Å². The third-order valence-corrected chi connectivity index (χ3v) is 6.50. The first kappa shape index (κ1) is 18.9. The van der Waals surface area contributed by atoms with Gasteiger partial charge in [0, 0.05) is 50.7 Å². The quantitative estimate of drug-likeness (QED) is 0.592. The van der Waals surface area contributed by atoms with Gasteiger partial charge in [0.25, 0.3) is 5.56 Å². The van der Waals surface area contributed by atoms with E-state index in [9.17, 15) is 14.4 Å². The van der Waals surface area contributed by atoms with E-state index in [2.05, 4.69) is 20.9 Å². The molecule has 2 fully saturated rings. The Balaban J connectivity index is 1.50. The summed E-state index contributed by atoms with van der Waals surface area (Å²) >= 11 is 6.15. The fraction of sp³-hybridized carbons (Fsp3) is 0.318. The van der Waals surface area contributed by atoms with Crippen molar-refractivity contribution in [3.8, 4) is 6.07 Å². The first-order chi connectivity index (χ1) is 14.5. The molecule has 2 atom stereocenters. The molecule has 0 spiro atoms. The number of rotatable bonds is 2. The maximum atomic E-state index is 13.2. The third kappa shape index (κ3) is 2.91. The molecule has 8 heteroatoms. The Bertz CT molecular complexity index is 1240. The zero-order valence-corrected chi connectivity index (χ0v) is 17.1. The highest BCUT2D eigenvalue weighted by Crippen LogP contribution is 2.38. The number of fused-ring (bicyclic) bond motifs is 2. The van der Waals surface area contributed by atoms with Crippen LogP contribution in [0.1, 0.15) is 5.56 Å². The minimum atomic E-state index is -0.325. The molecule has 1 aromatic carbocycles. The molecule has 2 saturated heterocycles. The molecular formula is C22H19ClFN5O. The van der Waals surface area contributed by atoms with Gasteiger partial charge in [-0.15, -0.1) is 0 Å². The van der Waals surface area contributed by atoms with Crippen molar-refractivity contribution in [3.63, 3.8) is 0 Å². The fourth-order valence-electron chi connectivity index (χ4n) is 4.82. The number of aromatic nitrogens is 2. The number of hydrogen-bond donors (Lipinski definition) is 0. The van der Waals surface area contributed by atoms with Crippen LogP contribution in [-0.4, -0.2) is 35.7 Å². The van der Waals surface area contributed by atoms with E-state index in [0.717, 1.165) is 31.9 Å². The lowest BCUT2D eigenvalue weighted by Crippen LogP contribution is -2.32. The number of hydrogen-bond acceptors (Lipinski definition) is 5. The highest BCUT2D eigenvalue weighted by atomic mass is 35.5. The molecule has 0 amide bonds. The molecule has 3 aromatic rings. The van der Waals surface area contributed by atoms with Gasteiger partial charge in [0.05, 0.1) is 11.2 Å². The smallest absolute Gasteiger partial charge is 0.270 e. The number of halogens is 2. The van der Waals surface area contributed by atoms with E-state index in [-0.39, 0.29) is 16.9 Å². The molecule has 4 heterocycles. The van der Waals surface area contributed by atoms with E-state index in [1.165, 1.54) is 16.7 Å². The highest BCUT2D eigenvalue weighted by Gasteiger charge is 2.41. The molecule has 0 radical (unpaired) electrons. The number of anilines is 2. The largest absolute Gasteiger partial charge is 0.371 e. The summed E-state index contributed by atoms with van der Waals surface area (Å²) in [4.78, 5) is 21.7. The lowest BCUT2D eigenvalue weighted by molar-refractivity contribution is 0.533. The predicted octanol–water partition coefficient (Wildman–Crippen LogP) is 3.17. The Morgan fingerprint density at radius 2 is 1.70 bits per heavy atom. The highest BCUT2D eigenvalue weighted by molar-refractivity contribution is 6.29. The normalized spacial score (nSPS) is 20.6. The van der Waals surface area contributed by atoms with Crippen LogP contribution in [0.3, 0.4) is 0 Å². The molecule has 2 aliphatic heterocycles. The van der Waals surface area contributed by atoms with Crippen LogP contribution < -0.4 is 15.4 Å². The van der Waals surface area contributed by atoms with Gasteiger partial charge in [0.15, 0.2) is 0 Å². The molecule has 30 heavy (non-hydrogen) atoms. The van der Waals surface area contributed by atoms with Crippen LogP contribution in [0.15, 0.2) is 41.2 Å². The van der Waals surface area contributed by atoms with E-state index in [1.54, 1.807) is 19.2 Å². The standard InChI is InChI=1S/C22H19ClFN5O/c1-27-18-6-7-19(23)26-20(18)21(17(8-25)22(27)30)29-11-13-9-28(10-14(13)12-29)16-4-2-15(24)3-5-16/h2-7,13-14H,9-12H2,1H3/t13-,14-/m0/s1. The summed E-state index contributed by atoms with van der Waals surface area (Å²) < 4.78 is 14.7. The van der Waals surface area contributed by atoms with Gasteiger partial charge in [-0.2, -0.15) is 5.26 Å². The van der Waals surface area contributed by atoms with Crippen molar-refractivity contribution in [2.24, 2.45) is 18.9 Å². The molecular weight excluding hydrogens is 405 g/mol. The van der Waals surface area contributed by atoms with Crippen LogP contribution in [0.25, 0.3) is 11.0 Å². The molecule has 2 aromatic heterocycles. The fourth-order valence-corrected chi connectivity index (χ4v) is 4.96. The maximum Gasteiger partial charge on any atom is 0.270 e. The zero-order valence-electron chi connectivity index (χ0n) is 16.3. The Morgan fingerprint density at radius 1 is 1.07 bits per heavy atom. The first-order valence-corrected chi connectivity index (χ1v) is 10.2. The van der Waals surface area contributed by atoms with Gasteiger partial charge in [0.1, 0.15) is 28.1 Å². The lowest BCUT2D eigenvalue weighted by atomic mass is 10.0. The van der Waals surface area contributed by atoms with Crippen LogP contribution in [-0.2, 0) is 7.05 Å². The van der Waals surface area contributed by atoms with Crippen molar-refractivity contribution in [2.75, 3.05) is 36.0 Å². The molecule has 0 saturated carbocycles. The molecule has 152 valence electrons. The lowest BCUT2D eigenvalue weighted by Gasteiger charge is -2.26. The monoisotopic (exact) mass is 423 g/mol. The topological polar surface area (TPSA) is 65.2 Å². The van der Waals surface area contributed by atoms with Crippen LogP contribution >= 0.6 is 11.6 Å². The maximum absolute atomic E-state index is 13.2. The van der Waals surface area contributed by atoms with Gasteiger partial charge in [-0.05, 0) is 36.4 Å². The molecule has 6 nitrogen and oxygen atoms in total. The van der Waals surface area contributed by atoms with E-state index in [4.69, 9.17) is 11.6 Å². The molecule has 5 rings (SSSR count). The van der Waals surface area contributed by atoms with Gasteiger partial charge >= 0.3 is 0 Å². The van der Waals surface area contributed by atoms with Gasteiger partial charge in [0.2, 0.25) is 0 Å². The van der Waals surface area contributed by atoms with Crippen LogP contribution in [0.4, 0.5) is 15.8 Å². The van der Waals surface area contributed by atoms with Crippen molar-refractivity contribution < 1.29 is 4.39 Å². The van der Waals surface area contributed by atoms with Crippen LogP contribution in [0.2, 0.25) is 5.15 Å². The van der Waals surface area contributed by atoms with E-state index < -0.39 is 0 Å². The number of nitrogens with zero attached hydrogens (tertiary/aromatic N) is 5. The number of nitriles is 1. The van der Waals surface area contributed by atoms with Gasteiger partial charge in [-0.3, -0.25) is 4.79 Å². The third-order valence-electron chi connectivity index (χ3n) is 6.29. The van der Waals surface area contributed by atoms with Crippen molar-refractivity contribution in [2.45, 2.75) is 0 Å². The van der Waals surface area contributed by atoms with E-state index in [1.807, 2.05) is 12.1 Å². The van der Waals surface area contributed by atoms with Crippen LogP contribution in [0, 0.1) is 29.0 Å². The Hall–Kier alpha value is -3.11. The van der Waals surface area contributed by atoms with Crippen molar-refractivity contribution in [1.29, 1.82) is 5.26 Å². The molecule has 0 aliphatic carbocycles. The summed E-state index contributed by atoms with van der Waals surface area (Å²) in [6.07, 6.45) is 0. The van der Waals surface area contributed by atoms with Gasteiger partial charge in [-0.25, -0.2) is 9.37 Å². The molecule has 0 bridgehead atoms. The average Bonchev–Trinajstić information content (AvgIpc) is 3.30. The summed E-state index contributed by atoms with van der Waals surface area (Å²) in [6, 6.07) is 12.1. The van der Waals surface area contributed by atoms with Gasteiger partial charge < -0.3 is 14.4 Å². The van der Waals surface area contributed by atoms with E-state index in [0.29, 0.717) is 33.7 Å². The SMILES string of the molecule is Cn1c(=O)c(C#N)c(N2C[C@@H]3CN(c4ccc(F)cc4)C[C@H]3C2)c2nc(Cl)ccc21. The summed E-state index contributed by atoms with van der Waals surface area (Å²) in [7, 11) is 1.64. The predicted molar refractivity (Wildman–Crippen MR) is 115 cm³/mol. The Morgan fingerprint density at radius 3 is 2.33 bits per heavy atom. The summed E-state index contributed by atoms with van der Waals surface area (Å²) in [5.41, 5.74) is 2.62. The molecule has 0 unspecified atom stereocenters. The number of aryl methyl sites for hydroxylation is 1. The number of pyridine rings is 2. The minimum absolute atomic E-state index is 0.107. The second-order valence-corrected chi connectivity index (χ2v) is 8.40. The second-order valence-electron chi connectivity index (χ2n) is 8.01. The molecule has 0 N–H and O–H groups in total. The zero-order chi connectivity index (χ0) is 21.0. The minimum Gasteiger partial charge on any atom is -0.371 e. The Kier molecular flexibility index (Phi) is 4.40. The molecule has 2 aliphatic rings. The average molecular weight is 424 g/mol. The number of benzene rings is 1. The van der Waals surface area contributed by atoms with E-state index >= 15 is 0 Å². The Labute approximate surface area is 177 Å². The van der Waals surface area contributed by atoms with Gasteiger partial charge in [-0.1, -0.05) is 11.6 Å². The summed E-state index contributed by atoms with van der Waals surface area (Å²) in [5.74, 6) is 0.539.